The number of carbonyl (C=O) groups excluding carboxylic acids is 2. The first-order valence-corrected chi connectivity index (χ1v) is 5.87. The van der Waals surface area contributed by atoms with Crippen molar-refractivity contribution in [1.29, 1.82) is 0 Å². The molecule has 2 amide bonds. The van der Waals surface area contributed by atoms with E-state index >= 15 is 0 Å². The van der Waals surface area contributed by atoms with E-state index in [1.54, 1.807) is 6.07 Å². The van der Waals surface area contributed by atoms with E-state index in [0.717, 1.165) is 0 Å². The second-order valence-electron chi connectivity index (χ2n) is 4.56. The van der Waals surface area contributed by atoms with E-state index in [9.17, 15) is 14.7 Å². The number of nitrogens with two attached hydrogens (primary N) is 1. The summed E-state index contributed by atoms with van der Waals surface area (Å²) in [5.74, 6) is -0.392. The van der Waals surface area contributed by atoms with E-state index in [2.05, 4.69) is 0 Å². The van der Waals surface area contributed by atoms with Gasteiger partial charge in [0.05, 0.1) is 7.11 Å². The molecule has 1 fully saturated rings. The number of rotatable bonds is 3. The summed E-state index contributed by atoms with van der Waals surface area (Å²) in [6, 6.07) is 4.42. The zero-order valence-corrected chi connectivity index (χ0v) is 10.8. The summed E-state index contributed by atoms with van der Waals surface area (Å²) in [5.41, 5.74) is 4.67. The van der Waals surface area contributed by atoms with Crippen LogP contribution in [0.4, 0.5) is 0 Å². The number of nitrogens with zero attached hydrogens (tertiary/aromatic N) is 1. The summed E-state index contributed by atoms with van der Waals surface area (Å²) in [5, 5.41) is 9.63. The predicted octanol–water partition coefficient (Wildman–Crippen LogP) is 0.334. The number of benzene rings is 1. The van der Waals surface area contributed by atoms with Crippen LogP contribution in [0.3, 0.4) is 0 Å². The molecule has 102 valence electrons. The fourth-order valence-corrected chi connectivity index (χ4v) is 2.59. The van der Waals surface area contributed by atoms with Crippen molar-refractivity contribution in [3.8, 4) is 11.5 Å². The summed E-state index contributed by atoms with van der Waals surface area (Å²) < 4.78 is 5.21. The molecule has 19 heavy (non-hydrogen) atoms. The predicted molar refractivity (Wildman–Crippen MR) is 67.5 cm³/mol. The van der Waals surface area contributed by atoms with Gasteiger partial charge in [0.1, 0.15) is 11.5 Å². The monoisotopic (exact) mass is 264 g/mol. The highest BCUT2D eigenvalue weighted by Gasteiger charge is 2.51. The maximum absolute atomic E-state index is 12.0. The third-order valence-corrected chi connectivity index (χ3v) is 3.68. The number of hydrogen-bond acceptors (Lipinski definition) is 4. The number of amides is 2. The van der Waals surface area contributed by atoms with Crippen LogP contribution >= 0.6 is 0 Å². The molecule has 6 nitrogen and oxygen atoms in total. The van der Waals surface area contributed by atoms with E-state index < -0.39 is 11.4 Å². The fourth-order valence-electron chi connectivity index (χ4n) is 2.59. The van der Waals surface area contributed by atoms with Gasteiger partial charge in [0.2, 0.25) is 11.8 Å². The van der Waals surface area contributed by atoms with Gasteiger partial charge < -0.3 is 20.5 Å². The van der Waals surface area contributed by atoms with Crippen molar-refractivity contribution in [2.75, 3.05) is 14.2 Å². The highest BCUT2D eigenvalue weighted by Crippen LogP contribution is 2.43. The Balaban J connectivity index is 2.67. The number of likely N-dealkylation sites (tertiary alicyclic amines) is 1. The first kappa shape index (κ1) is 13.2. The van der Waals surface area contributed by atoms with E-state index in [1.807, 2.05) is 0 Å². The van der Waals surface area contributed by atoms with E-state index in [0.29, 0.717) is 11.3 Å². The maximum atomic E-state index is 12.0. The van der Waals surface area contributed by atoms with Gasteiger partial charge in [-0.05, 0) is 24.6 Å². The van der Waals surface area contributed by atoms with Gasteiger partial charge in [-0.15, -0.1) is 0 Å². The quantitative estimate of drug-likeness (QED) is 0.823. The first-order chi connectivity index (χ1) is 8.93. The molecule has 1 saturated heterocycles. The standard InChI is InChI=1S/C13H16N2O4/c1-15-11(17)5-6-13(15,12(14)18)9-7-8(16)3-4-10(9)19-2/h3-4,7,16H,5-6H2,1-2H3,(H2,14,18). The molecule has 1 aliphatic heterocycles. The van der Waals surface area contributed by atoms with E-state index in [4.69, 9.17) is 10.5 Å². The van der Waals surface area contributed by atoms with Crippen LogP contribution in [0.1, 0.15) is 18.4 Å². The minimum Gasteiger partial charge on any atom is -0.508 e. The number of likely N-dealkylation sites (N-methyl/N-ethyl adjacent to an activating group) is 1. The van der Waals surface area contributed by atoms with E-state index in [1.165, 1.54) is 31.2 Å². The van der Waals surface area contributed by atoms with Crippen molar-refractivity contribution < 1.29 is 19.4 Å². The van der Waals surface area contributed by atoms with Crippen molar-refractivity contribution in [3.05, 3.63) is 23.8 Å². The van der Waals surface area contributed by atoms with Crippen molar-refractivity contribution in [2.24, 2.45) is 5.73 Å². The number of aromatic hydroxyl groups is 1. The summed E-state index contributed by atoms with van der Waals surface area (Å²) >= 11 is 0. The lowest BCUT2D eigenvalue weighted by Crippen LogP contribution is -2.50. The molecule has 1 aromatic carbocycles. The van der Waals surface area contributed by atoms with Crippen LogP contribution in [0, 0.1) is 0 Å². The van der Waals surface area contributed by atoms with Crippen LogP contribution in [0.2, 0.25) is 0 Å². The number of phenols is 1. The van der Waals surface area contributed by atoms with Crippen LogP contribution in [0.15, 0.2) is 18.2 Å². The number of carbonyl (C=O) groups is 2. The molecule has 0 spiro atoms. The number of hydrogen-bond donors (Lipinski definition) is 2. The lowest BCUT2D eigenvalue weighted by atomic mass is 9.85. The molecule has 0 aromatic heterocycles. The maximum Gasteiger partial charge on any atom is 0.248 e. The van der Waals surface area contributed by atoms with Crippen molar-refractivity contribution in [2.45, 2.75) is 18.4 Å². The third-order valence-electron chi connectivity index (χ3n) is 3.68. The lowest BCUT2D eigenvalue weighted by molar-refractivity contribution is -0.138. The first-order valence-electron chi connectivity index (χ1n) is 5.87. The highest BCUT2D eigenvalue weighted by molar-refractivity contribution is 5.95. The Labute approximate surface area is 110 Å². The van der Waals surface area contributed by atoms with Gasteiger partial charge in [0.25, 0.3) is 0 Å². The summed E-state index contributed by atoms with van der Waals surface area (Å²) in [7, 11) is 2.99. The summed E-state index contributed by atoms with van der Waals surface area (Å²) in [4.78, 5) is 25.0. The zero-order chi connectivity index (χ0) is 14.2. The van der Waals surface area contributed by atoms with Gasteiger partial charge in [-0.1, -0.05) is 0 Å². The van der Waals surface area contributed by atoms with Gasteiger partial charge in [-0.3, -0.25) is 9.59 Å². The van der Waals surface area contributed by atoms with E-state index in [-0.39, 0.29) is 24.5 Å². The topological polar surface area (TPSA) is 92.9 Å². The largest absolute Gasteiger partial charge is 0.508 e. The minimum atomic E-state index is -1.26. The fraction of sp³-hybridized carbons (Fsp3) is 0.385. The van der Waals surface area contributed by atoms with Gasteiger partial charge in [-0.25, -0.2) is 0 Å². The molecule has 1 unspecified atom stereocenters. The average molecular weight is 264 g/mol. The SMILES string of the molecule is COc1ccc(O)cc1C1(C(N)=O)CCC(=O)N1C. The molecule has 0 saturated carbocycles. The number of methoxy groups -OCH3 is 1. The Kier molecular flexibility index (Phi) is 3.09. The molecule has 1 aliphatic rings. The molecular formula is C13H16N2O4. The Hall–Kier alpha value is -2.24. The normalized spacial score (nSPS) is 22.6. The third kappa shape index (κ3) is 1.80. The number of phenolic OH excluding ortho intramolecular Hbond substituents is 1. The molecule has 0 bridgehead atoms. The van der Waals surface area contributed by atoms with Crippen LogP contribution in [0.25, 0.3) is 0 Å². The van der Waals surface area contributed by atoms with Gasteiger partial charge >= 0.3 is 0 Å². The molecule has 0 radical (unpaired) electrons. The number of primary amides is 1. The van der Waals surface area contributed by atoms with Crippen LogP contribution < -0.4 is 10.5 Å². The summed E-state index contributed by atoms with van der Waals surface area (Å²) in [6.45, 7) is 0. The Morgan fingerprint density at radius 3 is 2.68 bits per heavy atom. The van der Waals surface area contributed by atoms with Gasteiger partial charge in [-0.2, -0.15) is 0 Å². The zero-order valence-electron chi connectivity index (χ0n) is 10.8. The molecular weight excluding hydrogens is 248 g/mol. The molecule has 1 aromatic rings. The average Bonchev–Trinajstić information content (AvgIpc) is 2.67. The van der Waals surface area contributed by atoms with Crippen LogP contribution in [-0.2, 0) is 15.1 Å². The molecule has 1 atom stereocenters. The van der Waals surface area contributed by atoms with Crippen molar-refractivity contribution in [3.63, 3.8) is 0 Å². The lowest BCUT2D eigenvalue weighted by Gasteiger charge is -2.34. The molecule has 3 N–H and O–H groups in total. The Morgan fingerprint density at radius 1 is 1.53 bits per heavy atom. The van der Waals surface area contributed by atoms with Gasteiger partial charge in [0.15, 0.2) is 5.54 Å². The smallest absolute Gasteiger partial charge is 0.248 e. The second kappa shape index (κ2) is 4.46. The Bertz CT molecular complexity index is 543. The summed E-state index contributed by atoms with van der Waals surface area (Å²) in [6.07, 6.45) is 0.510. The molecule has 2 rings (SSSR count). The second-order valence-corrected chi connectivity index (χ2v) is 4.56. The molecule has 1 heterocycles. The number of ether oxygens (including phenoxy) is 1. The van der Waals surface area contributed by atoms with Crippen molar-refractivity contribution >= 4 is 11.8 Å². The minimum absolute atomic E-state index is 0.0100. The van der Waals surface area contributed by atoms with Crippen LogP contribution in [0.5, 0.6) is 11.5 Å². The Morgan fingerprint density at radius 2 is 2.21 bits per heavy atom. The highest BCUT2D eigenvalue weighted by atomic mass is 16.5. The molecule has 6 heteroatoms. The molecule has 0 aliphatic carbocycles. The van der Waals surface area contributed by atoms with Crippen molar-refractivity contribution in [1.82, 2.24) is 4.90 Å². The van der Waals surface area contributed by atoms with Crippen LogP contribution in [-0.4, -0.2) is 36.0 Å². The van der Waals surface area contributed by atoms with Gasteiger partial charge in [0, 0.05) is 19.0 Å².